The summed E-state index contributed by atoms with van der Waals surface area (Å²) in [6, 6.07) is 8.33. The van der Waals surface area contributed by atoms with Crippen molar-refractivity contribution in [1.82, 2.24) is 21.1 Å². The molecule has 3 amide bonds. The van der Waals surface area contributed by atoms with Crippen LogP contribution in [0.15, 0.2) is 30.3 Å². The number of hydrogen-bond donors (Lipinski definition) is 3. The first-order valence-corrected chi connectivity index (χ1v) is 9.10. The van der Waals surface area contributed by atoms with Gasteiger partial charge in [0.05, 0.1) is 12.1 Å². The maximum atomic E-state index is 12.1. The molecule has 0 saturated carbocycles. The molecule has 0 radical (unpaired) electrons. The third-order valence-corrected chi connectivity index (χ3v) is 4.05. The van der Waals surface area contributed by atoms with Crippen molar-refractivity contribution in [3.63, 3.8) is 0 Å². The number of ether oxygens (including phenoxy) is 2. The highest BCUT2D eigenvalue weighted by Gasteiger charge is 2.34. The lowest BCUT2D eigenvalue weighted by Crippen LogP contribution is -2.63. The molecule has 1 aliphatic rings. The number of carbonyl (C=O) groups is 3. The number of likely N-dealkylation sites (N-methyl/N-ethyl adjacent to an activating group) is 1. The molecule has 9 nitrogen and oxygen atoms in total. The van der Waals surface area contributed by atoms with E-state index in [4.69, 9.17) is 9.47 Å². The molecule has 1 heterocycles. The summed E-state index contributed by atoms with van der Waals surface area (Å²) in [5.41, 5.74) is 5.44. The summed E-state index contributed by atoms with van der Waals surface area (Å²) >= 11 is 0. The molecule has 2 rings (SSSR count). The van der Waals surface area contributed by atoms with Crippen LogP contribution < -0.4 is 16.2 Å². The third-order valence-electron chi connectivity index (χ3n) is 4.05. The Morgan fingerprint density at radius 3 is 2.46 bits per heavy atom. The summed E-state index contributed by atoms with van der Waals surface area (Å²) in [6.45, 7) is 5.71. The van der Waals surface area contributed by atoms with E-state index in [2.05, 4.69) is 16.2 Å². The molecule has 0 spiro atoms. The lowest BCUT2D eigenvalue weighted by Gasteiger charge is -2.37. The Balaban J connectivity index is 1.87. The fraction of sp³-hybridized carbons (Fsp3) is 0.526. The van der Waals surface area contributed by atoms with Gasteiger partial charge in [0, 0.05) is 20.0 Å². The zero-order valence-corrected chi connectivity index (χ0v) is 16.7. The van der Waals surface area contributed by atoms with Gasteiger partial charge >= 0.3 is 12.2 Å². The molecule has 0 aromatic heterocycles. The van der Waals surface area contributed by atoms with Gasteiger partial charge in [-0.3, -0.25) is 10.2 Å². The maximum absolute atomic E-state index is 12.1. The maximum Gasteiger partial charge on any atom is 0.421 e. The highest BCUT2D eigenvalue weighted by atomic mass is 16.6. The Bertz CT molecular complexity index is 689. The molecule has 1 aromatic carbocycles. The van der Waals surface area contributed by atoms with E-state index >= 15 is 0 Å². The number of hydrazine groups is 1. The zero-order valence-electron chi connectivity index (χ0n) is 16.7. The van der Waals surface area contributed by atoms with Crippen LogP contribution in [0, 0.1) is 0 Å². The van der Waals surface area contributed by atoms with Gasteiger partial charge in [0.25, 0.3) is 0 Å². The van der Waals surface area contributed by atoms with Gasteiger partial charge in [-0.05, 0) is 26.3 Å². The van der Waals surface area contributed by atoms with Gasteiger partial charge in [-0.15, -0.1) is 0 Å². The van der Waals surface area contributed by atoms with Gasteiger partial charge in [0.2, 0.25) is 5.91 Å². The second-order valence-electron chi connectivity index (χ2n) is 7.67. The molecule has 0 bridgehead atoms. The number of piperidine rings is 1. The van der Waals surface area contributed by atoms with Crippen molar-refractivity contribution in [3.05, 3.63) is 35.9 Å². The van der Waals surface area contributed by atoms with E-state index in [0.29, 0.717) is 0 Å². The van der Waals surface area contributed by atoms with E-state index in [1.54, 1.807) is 27.8 Å². The number of nitrogens with one attached hydrogen (secondary N) is 3. The van der Waals surface area contributed by atoms with Crippen LogP contribution in [0.5, 0.6) is 0 Å². The molecule has 1 aliphatic heterocycles. The Morgan fingerprint density at radius 1 is 1.14 bits per heavy atom. The number of alkyl carbamates (subject to hydrolysis) is 1. The number of nitrogens with zero attached hydrogens (tertiary/aromatic N) is 1. The summed E-state index contributed by atoms with van der Waals surface area (Å²) in [4.78, 5) is 37.5. The Kier molecular flexibility index (Phi) is 7.22. The zero-order chi connectivity index (χ0) is 20.7. The van der Waals surface area contributed by atoms with Crippen LogP contribution in [0.2, 0.25) is 0 Å². The topological polar surface area (TPSA) is 109 Å². The average Bonchev–Trinajstić information content (AvgIpc) is 2.61. The molecule has 1 fully saturated rings. The molecule has 1 saturated heterocycles. The predicted octanol–water partition coefficient (Wildman–Crippen LogP) is 1.54. The minimum absolute atomic E-state index is 0.0980. The van der Waals surface area contributed by atoms with Gasteiger partial charge in [-0.2, -0.15) is 0 Å². The van der Waals surface area contributed by atoms with Crippen LogP contribution in [-0.4, -0.2) is 54.3 Å². The largest absolute Gasteiger partial charge is 0.444 e. The summed E-state index contributed by atoms with van der Waals surface area (Å²) in [5.74, 6) is -0.0980. The van der Waals surface area contributed by atoms with E-state index in [-0.39, 0.29) is 25.5 Å². The number of likely N-dealkylation sites (tertiary alicyclic amines) is 1. The van der Waals surface area contributed by atoms with Gasteiger partial charge in [-0.25, -0.2) is 15.0 Å². The molecule has 28 heavy (non-hydrogen) atoms. The minimum Gasteiger partial charge on any atom is -0.444 e. The lowest BCUT2D eigenvalue weighted by molar-refractivity contribution is -0.133. The van der Waals surface area contributed by atoms with E-state index < -0.39 is 29.9 Å². The first-order chi connectivity index (χ1) is 13.1. The highest BCUT2D eigenvalue weighted by molar-refractivity contribution is 5.78. The lowest BCUT2D eigenvalue weighted by atomic mass is 10.00. The molecule has 2 unspecified atom stereocenters. The van der Waals surface area contributed by atoms with Crippen molar-refractivity contribution in [2.45, 2.75) is 51.5 Å². The van der Waals surface area contributed by atoms with Gasteiger partial charge in [0.15, 0.2) is 0 Å². The molecule has 1 aromatic rings. The van der Waals surface area contributed by atoms with Crippen LogP contribution in [0.25, 0.3) is 0 Å². The number of hydrogen-bond acceptors (Lipinski definition) is 6. The van der Waals surface area contributed by atoms with Crippen molar-refractivity contribution in [2.75, 3.05) is 13.6 Å². The van der Waals surface area contributed by atoms with Gasteiger partial charge in [0.1, 0.15) is 12.2 Å². The van der Waals surface area contributed by atoms with Gasteiger partial charge < -0.3 is 19.7 Å². The van der Waals surface area contributed by atoms with Crippen LogP contribution in [0.3, 0.4) is 0 Å². The van der Waals surface area contributed by atoms with Crippen molar-refractivity contribution in [3.8, 4) is 0 Å². The number of carbonyl (C=O) groups excluding carboxylic acids is 3. The van der Waals surface area contributed by atoms with Crippen molar-refractivity contribution < 1.29 is 23.9 Å². The van der Waals surface area contributed by atoms with E-state index in [1.807, 2.05) is 30.3 Å². The molecule has 0 aliphatic carbocycles. The number of rotatable bonds is 5. The van der Waals surface area contributed by atoms with E-state index in [1.165, 1.54) is 4.90 Å². The predicted molar refractivity (Wildman–Crippen MR) is 102 cm³/mol. The van der Waals surface area contributed by atoms with Crippen molar-refractivity contribution in [2.24, 2.45) is 0 Å². The minimum atomic E-state index is -0.675. The van der Waals surface area contributed by atoms with Crippen LogP contribution >= 0.6 is 0 Å². The van der Waals surface area contributed by atoms with Crippen molar-refractivity contribution >= 4 is 18.1 Å². The summed E-state index contributed by atoms with van der Waals surface area (Å²) in [5, 5.41) is 2.75. The third kappa shape index (κ3) is 7.07. The summed E-state index contributed by atoms with van der Waals surface area (Å²) in [6.07, 6.45) is -1.15. The van der Waals surface area contributed by atoms with Gasteiger partial charge in [-0.1, -0.05) is 30.3 Å². The average molecular weight is 392 g/mol. The summed E-state index contributed by atoms with van der Waals surface area (Å²) < 4.78 is 10.4. The molecule has 154 valence electrons. The first kappa shape index (κ1) is 21.5. The fourth-order valence-corrected chi connectivity index (χ4v) is 2.68. The fourth-order valence-electron chi connectivity index (χ4n) is 2.68. The van der Waals surface area contributed by atoms with E-state index in [9.17, 15) is 14.4 Å². The first-order valence-electron chi connectivity index (χ1n) is 9.10. The molecule has 2 atom stereocenters. The second-order valence-corrected chi connectivity index (χ2v) is 7.67. The Labute approximate surface area is 164 Å². The van der Waals surface area contributed by atoms with Crippen LogP contribution in [0.4, 0.5) is 9.59 Å². The smallest absolute Gasteiger partial charge is 0.421 e. The Hall–Kier alpha value is -2.81. The van der Waals surface area contributed by atoms with Crippen LogP contribution in [0.1, 0.15) is 32.8 Å². The highest BCUT2D eigenvalue weighted by Crippen LogP contribution is 2.13. The number of benzene rings is 1. The molecule has 9 heteroatoms. The monoisotopic (exact) mass is 392 g/mol. The molecule has 3 N–H and O–H groups in total. The quantitative estimate of drug-likeness (QED) is 0.656. The Morgan fingerprint density at radius 2 is 1.82 bits per heavy atom. The van der Waals surface area contributed by atoms with E-state index in [0.717, 1.165) is 5.56 Å². The molecular weight excluding hydrogens is 364 g/mol. The number of amides is 3. The van der Waals surface area contributed by atoms with Crippen molar-refractivity contribution in [1.29, 1.82) is 0 Å². The standard InChI is InChI=1S/C19H28N4O5/c1-19(2,3)28-17(25)20-15-11-23(4)16(24)10-14(15)21-22-18(26)27-12-13-8-6-5-7-9-13/h5-9,14-15,21H,10-12H2,1-4H3,(H,20,25)(H,22,26). The normalized spacial score (nSPS) is 19.7. The second kappa shape index (κ2) is 9.41. The molecular formula is C19H28N4O5. The summed E-state index contributed by atoms with van der Waals surface area (Å²) in [7, 11) is 1.66. The van der Waals surface area contributed by atoms with Crippen LogP contribution in [-0.2, 0) is 20.9 Å². The SMILES string of the molecule is CN1CC(NC(=O)OC(C)(C)C)C(NNC(=O)OCc2ccccc2)CC1=O.